The molecule has 0 spiro atoms. The minimum absolute atomic E-state index is 0.513. The quantitative estimate of drug-likeness (QED) is 0.753. The fraction of sp³-hybridized carbons (Fsp3) is 1.00. The summed E-state index contributed by atoms with van der Waals surface area (Å²) in [6.07, 6.45) is 3.56. The molecular weight excluding hydrogens is 174 g/mol. The summed E-state index contributed by atoms with van der Waals surface area (Å²) in [5.41, 5.74) is -0.513. The van der Waals surface area contributed by atoms with Crippen LogP contribution in [-0.4, -0.2) is 34.7 Å². The molecule has 84 valence electrons. The molecular formula is C12H25NO. The molecule has 1 saturated heterocycles. The van der Waals surface area contributed by atoms with E-state index < -0.39 is 5.60 Å². The Hall–Kier alpha value is -0.0800. The first-order valence-corrected chi connectivity index (χ1v) is 5.86. The smallest absolute Gasteiger partial charge is 0.0603 e. The summed E-state index contributed by atoms with van der Waals surface area (Å²) < 4.78 is 0. The van der Waals surface area contributed by atoms with Crippen LogP contribution < -0.4 is 0 Å². The molecule has 1 N–H and O–H groups in total. The highest BCUT2D eigenvalue weighted by atomic mass is 16.3. The van der Waals surface area contributed by atoms with Gasteiger partial charge in [-0.15, -0.1) is 0 Å². The van der Waals surface area contributed by atoms with E-state index in [-0.39, 0.29) is 0 Å². The van der Waals surface area contributed by atoms with Crippen LogP contribution in [0.1, 0.15) is 47.0 Å². The van der Waals surface area contributed by atoms with Crippen molar-refractivity contribution in [3.63, 3.8) is 0 Å². The lowest BCUT2D eigenvalue weighted by molar-refractivity contribution is 0.0376. The van der Waals surface area contributed by atoms with Crippen LogP contribution in [0.3, 0.4) is 0 Å². The molecule has 0 aromatic rings. The van der Waals surface area contributed by atoms with E-state index in [1.54, 1.807) is 0 Å². The third kappa shape index (κ3) is 3.58. The standard InChI is InChI=1S/C12H25NO/c1-10-6-5-8-13(11(10)2)9-7-12(3,4)14/h10-11,14H,5-9H2,1-4H3. The molecule has 1 heterocycles. The molecule has 0 aliphatic carbocycles. The summed E-state index contributed by atoms with van der Waals surface area (Å²) >= 11 is 0. The number of rotatable bonds is 3. The molecule has 0 bridgehead atoms. The van der Waals surface area contributed by atoms with Crippen LogP contribution in [0.15, 0.2) is 0 Å². The highest BCUT2D eigenvalue weighted by molar-refractivity contribution is 4.80. The van der Waals surface area contributed by atoms with Crippen LogP contribution in [0.5, 0.6) is 0 Å². The van der Waals surface area contributed by atoms with Crippen LogP contribution in [0.2, 0.25) is 0 Å². The van der Waals surface area contributed by atoms with Gasteiger partial charge in [0, 0.05) is 12.6 Å². The van der Waals surface area contributed by atoms with Gasteiger partial charge >= 0.3 is 0 Å². The van der Waals surface area contributed by atoms with Crippen molar-refractivity contribution in [2.45, 2.75) is 58.6 Å². The van der Waals surface area contributed by atoms with E-state index in [0.29, 0.717) is 6.04 Å². The molecule has 0 aromatic carbocycles. The minimum Gasteiger partial charge on any atom is -0.390 e. The molecule has 14 heavy (non-hydrogen) atoms. The second kappa shape index (κ2) is 4.63. The van der Waals surface area contributed by atoms with E-state index in [4.69, 9.17) is 0 Å². The van der Waals surface area contributed by atoms with Gasteiger partial charge in [0.25, 0.3) is 0 Å². The van der Waals surface area contributed by atoms with Crippen molar-refractivity contribution >= 4 is 0 Å². The Morgan fingerprint density at radius 2 is 2.00 bits per heavy atom. The first-order valence-electron chi connectivity index (χ1n) is 5.86. The lowest BCUT2D eigenvalue weighted by atomic mass is 9.91. The Morgan fingerprint density at radius 3 is 2.57 bits per heavy atom. The Morgan fingerprint density at radius 1 is 1.36 bits per heavy atom. The average molecular weight is 199 g/mol. The van der Waals surface area contributed by atoms with Gasteiger partial charge < -0.3 is 10.0 Å². The van der Waals surface area contributed by atoms with Crippen molar-refractivity contribution in [1.82, 2.24) is 4.90 Å². The molecule has 2 nitrogen and oxygen atoms in total. The van der Waals surface area contributed by atoms with Crippen LogP contribution >= 0.6 is 0 Å². The minimum atomic E-state index is -0.513. The van der Waals surface area contributed by atoms with Gasteiger partial charge in [-0.3, -0.25) is 0 Å². The van der Waals surface area contributed by atoms with E-state index in [0.717, 1.165) is 18.9 Å². The lowest BCUT2D eigenvalue weighted by Crippen LogP contribution is -2.44. The largest absolute Gasteiger partial charge is 0.390 e. The zero-order valence-electron chi connectivity index (χ0n) is 10.1. The lowest BCUT2D eigenvalue weighted by Gasteiger charge is -2.38. The van der Waals surface area contributed by atoms with Gasteiger partial charge in [0.2, 0.25) is 0 Å². The summed E-state index contributed by atoms with van der Waals surface area (Å²) in [6.45, 7) is 10.7. The molecule has 1 rings (SSSR count). The second-order valence-corrected chi connectivity index (χ2v) is 5.46. The highest BCUT2D eigenvalue weighted by Gasteiger charge is 2.25. The predicted molar refractivity (Wildman–Crippen MR) is 60.3 cm³/mol. The normalized spacial score (nSPS) is 30.6. The fourth-order valence-electron chi connectivity index (χ4n) is 2.15. The van der Waals surface area contributed by atoms with Crippen molar-refractivity contribution in [3.05, 3.63) is 0 Å². The van der Waals surface area contributed by atoms with E-state index in [2.05, 4.69) is 18.7 Å². The monoisotopic (exact) mass is 199 g/mol. The van der Waals surface area contributed by atoms with Crippen molar-refractivity contribution in [2.75, 3.05) is 13.1 Å². The van der Waals surface area contributed by atoms with Crippen molar-refractivity contribution < 1.29 is 5.11 Å². The van der Waals surface area contributed by atoms with Crippen molar-refractivity contribution in [3.8, 4) is 0 Å². The molecule has 2 heteroatoms. The number of piperidine rings is 1. The number of nitrogens with zero attached hydrogens (tertiary/aromatic N) is 1. The van der Waals surface area contributed by atoms with Gasteiger partial charge in [-0.05, 0) is 52.5 Å². The van der Waals surface area contributed by atoms with Gasteiger partial charge in [0.1, 0.15) is 0 Å². The molecule has 0 aromatic heterocycles. The Bertz CT molecular complexity index is 174. The number of hydrogen-bond donors (Lipinski definition) is 1. The van der Waals surface area contributed by atoms with Gasteiger partial charge in [-0.25, -0.2) is 0 Å². The SMILES string of the molecule is CC1CCCN(CCC(C)(C)O)C1C. The van der Waals surface area contributed by atoms with E-state index in [1.165, 1.54) is 19.4 Å². The summed E-state index contributed by atoms with van der Waals surface area (Å²) in [6, 6.07) is 0.686. The Labute approximate surface area is 88.3 Å². The Kier molecular flexibility index (Phi) is 3.96. The topological polar surface area (TPSA) is 23.5 Å². The maximum atomic E-state index is 9.67. The maximum absolute atomic E-state index is 9.67. The summed E-state index contributed by atoms with van der Waals surface area (Å²) in [5, 5.41) is 9.67. The van der Waals surface area contributed by atoms with Gasteiger partial charge in [0.15, 0.2) is 0 Å². The number of aliphatic hydroxyl groups is 1. The van der Waals surface area contributed by atoms with Gasteiger partial charge in [-0.2, -0.15) is 0 Å². The zero-order chi connectivity index (χ0) is 10.8. The summed E-state index contributed by atoms with van der Waals surface area (Å²) in [4.78, 5) is 2.52. The van der Waals surface area contributed by atoms with Crippen LogP contribution in [0.25, 0.3) is 0 Å². The fourth-order valence-corrected chi connectivity index (χ4v) is 2.15. The van der Waals surface area contributed by atoms with E-state index in [1.807, 2.05) is 13.8 Å². The van der Waals surface area contributed by atoms with Gasteiger partial charge in [0.05, 0.1) is 5.60 Å². The molecule has 1 aliphatic heterocycles. The number of likely N-dealkylation sites (tertiary alicyclic amines) is 1. The van der Waals surface area contributed by atoms with Crippen LogP contribution in [0, 0.1) is 5.92 Å². The summed E-state index contributed by atoms with van der Waals surface area (Å²) in [5.74, 6) is 0.811. The van der Waals surface area contributed by atoms with Crippen LogP contribution in [0.4, 0.5) is 0 Å². The third-order valence-electron chi connectivity index (χ3n) is 3.52. The molecule has 1 aliphatic rings. The predicted octanol–water partition coefficient (Wildman–Crippen LogP) is 2.27. The first kappa shape index (κ1) is 12.0. The maximum Gasteiger partial charge on any atom is 0.0603 e. The van der Waals surface area contributed by atoms with E-state index >= 15 is 0 Å². The number of hydrogen-bond acceptors (Lipinski definition) is 2. The zero-order valence-corrected chi connectivity index (χ0v) is 10.1. The Balaban J connectivity index is 2.36. The average Bonchev–Trinajstić information content (AvgIpc) is 2.06. The third-order valence-corrected chi connectivity index (χ3v) is 3.52. The van der Waals surface area contributed by atoms with E-state index in [9.17, 15) is 5.11 Å². The van der Waals surface area contributed by atoms with Crippen molar-refractivity contribution in [2.24, 2.45) is 5.92 Å². The molecule has 1 fully saturated rings. The molecule has 0 amide bonds. The summed E-state index contributed by atoms with van der Waals surface area (Å²) in [7, 11) is 0. The van der Waals surface area contributed by atoms with Crippen LogP contribution in [-0.2, 0) is 0 Å². The first-order chi connectivity index (χ1) is 6.40. The molecule has 0 radical (unpaired) electrons. The molecule has 0 saturated carbocycles. The van der Waals surface area contributed by atoms with Crippen molar-refractivity contribution in [1.29, 1.82) is 0 Å². The highest BCUT2D eigenvalue weighted by Crippen LogP contribution is 2.23. The second-order valence-electron chi connectivity index (χ2n) is 5.46. The molecule has 2 unspecified atom stereocenters. The van der Waals surface area contributed by atoms with Gasteiger partial charge in [-0.1, -0.05) is 6.92 Å². The molecule has 2 atom stereocenters.